The van der Waals surface area contributed by atoms with Crippen LogP contribution in [0.25, 0.3) is 0 Å². The molecule has 3 N–H and O–H groups in total. The fourth-order valence-electron chi connectivity index (χ4n) is 2.95. The van der Waals surface area contributed by atoms with Gasteiger partial charge in [0.2, 0.25) is 5.91 Å². The lowest BCUT2D eigenvalue weighted by atomic mass is 9.99. The molecular weight excluding hydrogens is 320 g/mol. The van der Waals surface area contributed by atoms with E-state index < -0.39 is 12.0 Å². The molecule has 1 amide bonds. The first kappa shape index (κ1) is 19.2. The zero-order valence-electron chi connectivity index (χ0n) is 15.0. The highest BCUT2D eigenvalue weighted by atomic mass is 16.4. The second kappa shape index (κ2) is 9.36. The van der Waals surface area contributed by atoms with Crippen molar-refractivity contribution in [2.45, 2.75) is 45.6 Å². The van der Waals surface area contributed by atoms with Gasteiger partial charge in [-0.05, 0) is 37.3 Å². The van der Waals surface area contributed by atoms with Gasteiger partial charge in [0.05, 0.1) is 18.4 Å². The smallest absolute Gasteiger partial charge is 0.320 e. The minimum absolute atomic E-state index is 0.0456. The first-order valence-corrected chi connectivity index (χ1v) is 8.98. The number of anilines is 2. The Morgan fingerprint density at radius 2 is 2.00 bits per heavy atom. The molecule has 0 spiro atoms. The molecule has 1 fully saturated rings. The number of rotatable bonds is 8. The van der Waals surface area contributed by atoms with Crippen molar-refractivity contribution < 1.29 is 14.7 Å². The Hall–Kier alpha value is -2.15. The maximum atomic E-state index is 12.0. The van der Waals surface area contributed by atoms with Crippen LogP contribution in [0.5, 0.6) is 0 Å². The van der Waals surface area contributed by atoms with E-state index in [-0.39, 0.29) is 18.4 Å². The molecule has 0 unspecified atom stereocenters. The Bertz CT molecular complexity index is 570. The number of carboxylic acid groups (broad SMARTS) is 1. The molecule has 25 heavy (non-hydrogen) atoms. The van der Waals surface area contributed by atoms with E-state index in [1.807, 2.05) is 26.0 Å². The Morgan fingerprint density at radius 3 is 2.56 bits per heavy atom. The SMILES string of the molecule is CC[C@H](C)[C@H](NCC(=O)Nc1ccc(N2CCCCC2)nc1)C(=O)O. The van der Waals surface area contributed by atoms with Crippen LogP contribution in [0.2, 0.25) is 0 Å². The second-order valence-electron chi connectivity index (χ2n) is 6.58. The van der Waals surface area contributed by atoms with Crippen LogP contribution in [-0.2, 0) is 9.59 Å². The minimum atomic E-state index is -0.935. The molecule has 2 heterocycles. The molecule has 0 aliphatic carbocycles. The number of amides is 1. The van der Waals surface area contributed by atoms with Crippen molar-refractivity contribution >= 4 is 23.4 Å². The van der Waals surface area contributed by atoms with Crippen LogP contribution in [0.15, 0.2) is 18.3 Å². The average Bonchev–Trinajstić information content (AvgIpc) is 2.62. The summed E-state index contributed by atoms with van der Waals surface area (Å²) in [5, 5.41) is 14.8. The molecule has 0 bridgehead atoms. The van der Waals surface area contributed by atoms with Crippen LogP contribution < -0.4 is 15.5 Å². The Kier molecular flexibility index (Phi) is 7.18. The lowest BCUT2D eigenvalue weighted by Crippen LogP contribution is -2.45. The van der Waals surface area contributed by atoms with Gasteiger partial charge >= 0.3 is 5.97 Å². The van der Waals surface area contributed by atoms with Crippen LogP contribution in [0.4, 0.5) is 11.5 Å². The molecule has 7 nitrogen and oxygen atoms in total. The summed E-state index contributed by atoms with van der Waals surface area (Å²) in [5.74, 6) is -0.328. The van der Waals surface area contributed by atoms with E-state index >= 15 is 0 Å². The molecule has 2 atom stereocenters. The number of aromatic nitrogens is 1. The monoisotopic (exact) mass is 348 g/mol. The number of carbonyl (C=O) groups is 2. The molecule has 7 heteroatoms. The van der Waals surface area contributed by atoms with Crippen molar-refractivity contribution in [3.05, 3.63) is 18.3 Å². The van der Waals surface area contributed by atoms with Crippen molar-refractivity contribution in [3.8, 4) is 0 Å². The normalized spacial score (nSPS) is 17.0. The van der Waals surface area contributed by atoms with Gasteiger partial charge < -0.3 is 15.3 Å². The molecule has 2 rings (SSSR count). The molecule has 0 aromatic carbocycles. The fraction of sp³-hybridized carbons (Fsp3) is 0.611. The summed E-state index contributed by atoms with van der Waals surface area (Å²) in [6.45, 7) is 5.78. The van der Waals surface area contributed by atoms with Gasteiger partial charge in [-0.3, -0.25) is 14.9 Å². The third-order valence-electron chi connectivity index (χ3n) is 4.67. The molecular formula is C18H28N4O3. The standard InChI is InChI=1S/C18H28N4O3/c1-3-13(2)17(18(24)25)20-12-16(23)21-14-7-8-15(19-11-14)22-9-5-4-6-10-22/h7-8,11,13,17,20H,3-6,9-10,12H2,1-2H3,(H,21,23)(H,24,25)/t13-,17-/m0/s1. The highest BCUT2D eigenvalue weighted by molar-refractivity contribution is 5.92. The number of hydrogen-bond donors (Lipinski definition) is 3. The highest BCUT2D eigenvalue weighted by Gasteiger charge is 2.23. The predicted molar refractivity (Wildman–Crippen MR) is 97.8 cm³/mol. The van der Waals surface area contributed by atoms with E-state index in [1.165, 1.54) is 19.3 Å². The molecule has 1 aliphatic heterocycles. The van der Waals surface area contributed by atoms with Crippen LogP contribution in [0, 0.1) is 5.92 Å². The van der Waals surface area contributed by atoms with Crippen LogP contribution in [0.3, 0.4) is 0 Å². The Morgan fingerprint density at radius 1 is 1.28 bits per heavy atom. The summed E-state index contributed by atoms with van der Waals surface area (Å²) >= 11 is 0. The Balaban J connectivity index is 1.84. The van der Waals surface area contributed by atoms with Crippen LogP contribution in [-0.4, -0.2) is 47.6 Å². The average molecular weight is 348 g/mol. The van der Waals surface area contributed by atoms with E-state index in [4.69, 9.17) is 0 Å². The van der Waals surface area contributed by atoms with Gasteiger partial charge in [0.1, 0.15) is 11.9 Å². The number of carboxylic acids is 1. The molecule has 0 radical (unpaired) electrons. The van der Waals surface area contributed by atoms with Crippen molar-refractivity contribution in [1.82, 2.24) is 10.3 Å². The lowest BCUT2D eigenvalue weighted by molar-refractivity contribution is -0.140. The second-order valence-corrected chi connectivity index (χ2v) is 6.58. The zero-order chi connectivity index (χ0) is 18.2. The molecule has 138 valence electrons. The summed E-state index contributed by atoms with van der Waals surface area (Å²) in [4.78, 5) is 29.9. The van der Waals surface area contributed by atoms with Gasteiger partial charge in [0, 0.05) is 13.1 Å². The van der Waals surface area contributed by atoms with Gasteiger partial charge in [0.25, 0.3) is 0 Å². The molecule has 1 saturated heterocycles. The largest absolute Gasteiger partial charge is 0.480 e. The topological polar surface area (TPSA) is 94.6 Å². The van der Waals surface area contributed by atoms with E-state index in [1.54, 1.807) is 6.20 Å². The van der Waals surface area contributed by atoms with Gasteiger partial charge in [-0.15, -0.1) is 0 Å². The van der Waals surface area contributed by atoms with E-state index in [9.17, 15) is 14.7 Å². The molecule has 1 aromatic rings. The molecule has 0 saturated carbocycles. The van der Waals surface area contributed by atoms with E-state index in [2.05, 4.69) is 20.5 Å². The first-order chi connectivity index (χ1) is 12.0. The van der Waals surface area contributed by atoms with Gasteiger partial charge in [-0.1, -0.05) is 20.3 Å². The van der Waals surface area contributed by atoms with Crippen molar-refractivity contribution in [3.63, 3.8) is 0 Å². The number of nitrogens with one attached hydrogen (secondary N) is 2. The number of pyridine rings is 1. The summed E-state index contributed by atoms with van der Waals surface area (Å²) in [6.07, 6.45) is 6.02. The lowest BCUT2D eigenvalue weighted by Gasteiger charge is -2.27. The van der Waals surface area contributed by atoms with Crippen molar-refractivity contribution in [2.24, 2.45) is 5.92 Å². The maximum absolute atomic E-state index is 12.0. The van der Waals surface area contributed by atoms with Crippen molar-refractivity contribution in [1.29, 1.82) is 0 Å². The predicted octanol–water partition coefficient (Wildman–Crippen LogP) is 2.10. The summed E-state index contributed by atoms with van der Waals surface area (Å²) < 4.78 is 0. The third-order valence-corrected chi connectivity index (χ3v) is 4.67. The van der Waals surface area contributed by atoms with Gasteiger partial charge in [0.15, 0.2) is 0 Å². The molecule has 1 aliphatic rings. The number of aliphatic carboxylic acids is 1. The van der Waals surface area contributed by atoms with E-state index in [0.29, 0.717) is 5.69 Å². The summed E-state index contributed by atoms with van der Waals surface area (Å²) in [6, 6.07) is 3.02. The first-order valence-electron chi connectivity index (χ1n) is 8.98. The summed E-state index contributed by atoms with van der Waals surface area (Å²) in [7, 11) is 0. The van der Waals surface area contributed by atoms with Gasteiger partial charge in [-0.25, -0.2) is 4.98 Å². The highest BCUT2D eigenvalue weighted by Crippen LogP contribution is 2.18. The summed E-state index contributed by atoms with van der Waals surface area (Å²) in [5.41, 5.74) is 0.614. The quantitative estimate of drug-likeness (QED) is 0.666. The minimum Gasteiger partial charge on any atom is -0.480 e. The molecule has 1 aromatic heterocycles. The Labute approximate surface area is 148 Å². The zero-order valence-corrected chi connectivity index (χ0v) is 15.0. The number of piperidine rings is 1. The maximum Gasteiger partial charge on any atom is 0.320 e. The number of hydrogen-bond acceptors (Lipinski definition) is 5. The fourth-order valence-corrected chi connectivity index (χ4v) is 2.95. The van der Waals surface area contributed by atoms with E-state index in [0.717, 1.165) is 25.3 Å². The van der Waals surface area contributed by atoms with Crippen LogP contribution in [0.1, 0.15) is 39.5 Å². The number of nitrogens with zero attached hydrogens (tertiary/aromatic N) is 2. The third kappa shape index (κ3) is 5.70. The van der Waals surface area contributed by atoms with Crippen molar-refractivity contribution in [2.75, 3.05) is 29.9 Å². The number of carbonyl (C=O) groups excluding carboxylic acids is 1. The van der Waals surface area contributed by atoms with Gasteiger partial charge in [-0.2, -0.15) is 0 Å². The van der Waals surface area contributed by atoms with Crippen LogP contribution >= 0.6 is 0 Å².